The average molecular weight is 386 g/mol. The molecule has 2 rings (SSSR count). The van der Waals surface area contributed by atoms with Crippen LogP contribution in [0, 0.1) is 0 Å². The SMILES string of the molecule is C[C@H](Sc1nc(N)cc(N)n1)C(=O)N[C@@H](C)c1ccc(Cl)cc1Cl. The van der Waals surface area contributed by atoms with Gasteiger partial charge in [-0.05, 0) is 31.5 Å². The van der Waals surface area contributed by atoms with E-state index < -0.39 is 5.25 Å². The summed E-state index contributed by atoms with van der Waals surface area (Å²) in [5.41, 5.74) is 12.0. The lowest BCUT2D eigenvalue weighted by atomic mass is 10.1. The zero-order valence-corrected chi connectivity index (χ0v) is 15.4. The van der Waals surface area contributed by atoms with Gasteiger partial charge in [0.2, 0.25) is 5.91 Å². The summed E-state index contributed by atoms with van der Waals surface area (Å²) >= 11 is 13.2. The molecule has 1 aromatic carbocycles. The van der Waals surface area contributed by atoms with E-state index in [0.717, 1.165) is 5.56 Å². The number of carbonyl (C=O) groups is 1. The molecule has 0 aliphatic heterocycles. The van der Waals surface area contributed by atoms with Gasteiger partial charge in [-0.15, -0.1) is 0 Å². The lowest BCUT2D eigenvalue weighted by Crippen LogP contribution is -2.33. The molecule has 0 radical (unpaired) electrons. The van der Waals surface area contributed by atoms with Crippen LogP contribution in [0.2, 0.25) is 10.0 Å². The second kappa shape index (κ2) is 7.92. The largest absolute Gasteiger partial charge is 0.383 e. The number of amides is 1. The Morgan fingerprint density at radius 2 is 1.79 bits per heavy atom. The standard InChI is InChI=1S/C15H17Cl2N5OS/c1-7(10-4-3-9(16)5-11(10)17)20-14(23)8(2)24-15-21-12(18)6-13(19)22-15/h3-8H,1-2H3,(H,20,23)(H4,18,19,21,22)/t7-,8-/m0/s1. The Morgan fingerprint density at radius 1 is 1.17 bits per heavy atom. The highest BCUT2D eigenvalue weighted by atomic mass is 35.5. The van der Waals surface area contributed by atoms with Crippen LogP contribution in [0.4, 0.5) is 11.6 Å². The summed E-state index contributed by atoms with van der Waals surface area (Å²) in [7, 11) is 0. The van der Waals surface area contributed by atoms with Crippen molar-refractivity contribution in [2.75, 3.05) is 11.5 Å². The number of rotatable bonds is 5. The first-order chi connectivity index (χ1) is 11.3. The van der Waals surface area contributed by atoms with Crippen molar-refractivity contribution >= 4 is 52.5 Å². The van der Waals surface area contributed by atoms with E-state index >= 15 is 0 Å². The number of hydrogen-bond acceptors (Lipinski definition) is 6. The minimum atomic E-state index is -0.431. The van der Waals surface area contributed by atoms with E-state index in [9.17, 15) is 4.79 Å². The maximum atomic E-state index is 12.4. The zero-order chi connectivity index (χ0) is 17.9. The Hall–Kier alpha value is -1.70. The highest BCUT2D eigenvalue weighted by Gasteiger charge is 2.20. The number of carbonyl (C=O) groups excluding carboxylic acids is 1. The van der Waals surface area contributed by atoms with E-state index in [1.54, 1.807) is 25.1 Å². The number of benzene rings is 1. The van der Waals surface area contributed by atoms with Crippen molar-refractivity contribution in [3.63, 3.8) is 0 Å². The molecular weight excluding hydrogens is 369 g/mol. The van der Waals surface area contributed by atoms with E-state index in [-0.39, 0.29) is 23.6 Å². The van der Waals surface area contributed by atoms with Crippen molar-refractivity contribution in [3.05, 3.63) is 39.9 Å². The number of halogens is 2. The molecule has 1 amide bonds. The maximum Gasteiger partial charge on any atom is 0.233 e. The van der Waals surface area contributed by atoms with Crippen LogP contribution in [0.15, 0.2) is 29.4 Å². The Balaban J connectivity index is 2.02. The molecule has 0 fully saturated rings. The molecule has 128 valence electrons. The number of thioether (sulfide) groups is 1. The quantitative estimate of drug-likeness (QED) is 0.538. The van der Waals surface area contributed by atoms with E-state index in [1.165, 1.54) is 17.8 Å². The van der Waals surface area contributed by atoms with Crippen molar-refractivity contribution in [2.45, 2.75) is 30.3 Å². The van der Waals surface area contributed by atoms with Gasteiger partial charge in [0.1, 0.15) is 11.6 Å². The first-order valence-corrected chi connectivity index (χ1v) is 8.72. The van der Waals surface area contributed by atoms with Gasteiger partial charge in [0.05, 0.1) is 11.3 Å². The number of nitrogens with two attached hydrogens (primary N) is 2. The van der Waals surface area contributed by atoms with Gasteiger partial charge in [-0.2, -0.15) is 0 Å². The van der Waals surface area contributed by atoms with Gasteiger partial charge in [0, 0.05) is 16.1 Å². The molecule has 24 heavy (non-hydrogen) atoms. The van der Waals surface area contributed by atoms with E-state index in [4.69, 9.17) is 34.7 Å². The molecule has 0 aliphatic carbocycles. The van der Waals surface area contributed by atoms with Gasteiger partial charge < -0.3 is 16.8 Å². The third kappa shape index (κ3) is 4.90. The van der Waals surface area contributed by atoms with Crippen LogP contribution in [0.25, 0.3) is 0 Å². The average Bonchev–Trinajstić information content (AvgIpc) is 2.45. The smallest absolute Gasteiger partial charge is 0.233 e. The third-order valence-electron chi connectivity index (χ3n) is 3.18. The number of hydrogen-bond donors (Lipinski definition) is 3. The summed E-state index contributed by atoms with van der Waals surface area (Å²) in [6.07, 6.45) is 0. The Bertz CT molecular complexity index is 738. The molecule has 0 spiro atoms. The fourth-order valence-corrected chi connectivity index (χ4v) is 3.37. The van der Waals surface area contributed by atoms with Crippen LogP contribution in [0.3, 0.4) is 0 Å². The van der Waals surface area contributed by atoms with E-state index in [1.807, 2.05) is 6.92 Å². The summed E-state index contributed by atoms with van der Waals surface area (Å²) in [5, 5.41) is 3.87. The molecule has 2 atom stereocenters. The van der Waals surface area contributed by atoms with Crippen molar-refractivity contribution < 1.29 is 4.79 Å². The van der Waals surface area contributed by atoms with Crippen LogP contribution in [0.5, 0.6) is 0 Å². The minimum Gasteiger partial charge on any atom is -0.383 e. The van der Waals surface area contributed by atoms with E-state index in [2.05, 4.69) is 15.3 Å². The monoisotopic (exact) mass is 385 g/mol. The van der Waals surface area contributed by atoms with Gasteiger partial charge >= 0.3 is 0 Å². The molecule has 9 heteroatoms. The summed E-state index contributed by atoms with van der Waals surface area (Å²) < 4.78 is 0. The first-order valence-electron chi connectivity index (χ1n) is 7.08. The van der Waals surface area contributed by atoms with Gasteiger partial charge in [0.25, 0.3) is 0 Å². The van der Waals surface area contributed by atoms with Crippen LogP contribution in [-0.2, 0) is 4.79 Å². The van der Waals surface area contributed by atoms with Gasteiger partial charge in [-0.25, -0.2) is 9.97 Å². The van der Waals surface area contributed by atoms with Crippen LogP contribution in [-0.4, -0.2) is 21.1 Å². The predicted octanol–water partition coefficient (Wildman–Crippen LogP) is 3.31. The summed E-state index contributed by atoms with van der Waals surface area (Å²) in [5.74, 6) is 0.348. The number of nitrogens with zero attached hydrogens (tertiary/aromatic N) is 2. The summed E-state index contributed by atoms with van der Waals surface area (Å²) in [6.45, 7) is 3.60. The second-order valence-electron chi connectivity index (χ2n) is 5.16. The summed E-state index contributed by atoms with van der Waals surface area (Å²) in [4.78, 5) is 20.5. The third-order valence-corrected chi connectivity index (χ3v) is 4.71. The molecule has 6 nitrogen and oxygen atoms in total. The fraction of sp³-hybridized carbons (Fsp3) is 0.267. The summed E-state index contributed by atoms with van der Waals surface area (Å²) in [6, 6.07) is 6.35. The van der Waals surface area contributed by atoms with Gasteiger partial charge in [0.15, 0.2) is 5.16 Å². The van der Waals surface area contributed by atoms with Crippen molar-refractivity contribution in [2.24, 2.45) is 0 Å². The Kier molecular flexibility index (Phi) is 6.15. The molecule has 1 heterocycles. The van der Waals surface area contributed by atoms with Gasteiger partial charge in [-0.3, -0.25) is 4.79 Å². The number of nitrogens with one attached hydrogen (secondary N) is 1. The topological polar surface area (TPSA) is 107 Å². The normalized spacial score (nSPS) is 13.3. The number of nitrogen functional groups attached to an aromatic ring is 2. The highest BCUT2D eigenvalue weighted by molar-refractivity contribution is 8.00. The van der Waals surface area contributed by atoms with Crippen LogP contribution in [0.1, 0.15) is 25.5 Å². The first kappa shape index (κ1) is 18.6. The van der Waals surface area contributed by atoms with Crippen molar-refractivity contribution in [1.82, 2.24) is 15.3 Å². The predicted molar refractivity (Wildman–Crippen MR) is 99.2 cm³/mol. The molecule has 2 aromatic rings. The lowest BCUT2D eigenvalue weighted by Gasteiger charge is -2.18. The molecule has 0 aliphatic rings. The fourth-order valence-electron chi connectivity index (χ4n) is 1.99. The Morgan fingerprint density at radius 3 is 2.38 bits per heavy atom. The molecule has 0 unspecified atom stereocenters. The Labute approximate surface area is 154 Å². The van der Waals surface area contributed by atoms with Crippen molar-refractivity contribution in [1.29, 1.82) is 0 Å². The van der Waals surface area contributed by atoms with Crippen LogP contribution < -0.4 is 16.8 Å². The number of aromatic nitrogens is 2. The highest BCUT2D eigenvalue weighted by Crippen LogP contribution is 2.27. The van der Waals surface area contributed by atoms with Gasteiger partial charge in [-0.1, -0.05) is 41.0 Å². The second-order valence-corrected chi connectivity index (χ2v) is 7.31. The molecule has 5 N–H and O–H groups in total. The zero-order valence-electron chi connectivity index (χ0n) is 13.1. The molecule has 0 bridgehead atoms. The minimum absolute atomic E-state index is 0.178. The van der Waals surface area contributed by atoms with Crippen molar-refractivity contribution in [3.8, 4) is 0 Å². The molecule has 0 saturated heterocycles. The number of anilines is 2. The molecular formula is C15H17Cl2N5OS. The van der Waals surface area contributed by atoms with Crippen LogP contribution >= 0.6 is 35.0 Å². The van der Waals surface area contributed by atoms with E-state index in [0.29, 0.717) is 15.2 Å². The molecule has 1 aromatic heterocycles. The maximum absolute atomic E-state index is 12.4. The lowest BCUT2D eigenvalue weighted by molar-refractivity contribution is -0.120. The molecule has 0 saturated carbocycles.